The molecule has 1 heterocycles. The van der Waals surface area contributed by atoms with Crippen LogP contribution in [0.1, 0.15) is 38.5 Å². The fourth-order valence-electron chi connectivity index (χ4n) is 2.63. The lowest BCUT2D eigenvalue weighted by atomic mass is 9.87. The highest BCUT2D eigenvalue weighted by Crippen LogP contribution is 2.24. The number of carbonyl (C=O) groups is 1. The number of halogens is 2. The molecular formula is C16H22F2O3. The molecule has 2 aliphatic rings. The number of allylic oxidation sites excluding steroid dienone is 2. The van der Waals surface area contributed by atoms with Crippen molar-refractivity contribution in [2.45, 2.75) is 44.8 Å². The molecule has 0 amide bonds. The molecular weight excluding hydrogens is 278 g/mol. The van der Waals surface area contributed by atoms with Crippen molar-refractivity contribution in [2.75, 3.05) is 13.2 Å². The maximum absolute atomic E-state index is 11.9. The standard InChI is InChI=1S/C16H22F2O3/c17-15(18)2-1-3-16-20-10-13(11-21-16)5-4-12-6-8-14(19)9-7-12/h2,4-5,12-13,16H,1,3,6-11H2/b5-4+. The largest absolute Gasteiger partial charge is 0.352 e. The quantitative estimate of drug-likeness (QED) is 0.723. The van der Waals surface area contributed by atoms with Crippen LogP contribution < -0.4 is 0 Å². The molecule has 0 atom stereocenters. The molecule has 0 aromatic carbocycles. The zero-order valence-electron chi connectivity index (χ0n) is 12.1. The predicted octanol–water partition coefficient (Wildman–Crippen LogP) is 3.85. The van der Waals surface area contributed by atoms with E-state index in [9.17, 15) is 13.6 Å². The smallest absolute Gasteiger partial charge is 0.266 e. The Kier molecular flexibility index (Phi) is 6.51. The van der Waals surface area contributed by atoms with Crippen LogP contribution in [0.3, 0.4) is 0 Å². The van der Waals surface area contributed by atoms with Gasteiger partial charge >= 0.3 is 0 Å². The Bertz CT molecular complexity index is 384. The lowest BCUT2D eigenvalue weighted by molar-refractivity contribution is -0.194. The van der Waals surface area contributed by atoms with Crippen LogP contribution in [0.15, 0.2) is 24.3 Å². The fourth-order valence-corrected chi connectivity index (χ4v) is 2.63. The Balaban J connectivity index is 1.64. The monoisotopic (exact) mass is 300 g/mol. The van der Waals surface area contributed by atoms with E-state index in [4.69, 9.17) is 9.47 Å². The molecule has 0 N–H and O–H groups in total. The van der Waals surface area contributed by atoms with Crippen molar-refractivity contribution in [3.63, 3.8) is 0 Å². The van der Waals surface area contributed by atoms with Gasteiger partial charge in [-0.1, -0.05) is 12.2 Å². The summed E-state index contributed by atoms with van der Waals surface area (Å²) < 4.78 is 34.9. The van der Waals surface area contributed by atoms with Crippen LogP contribution in [0.4, 0.5) is 8.78 Å². The number of ether oxygens (including phenoxy) is 2. The third-order valence-electron chi connectivity index (χ3n) is 3.94. The molecule has 2 rings (SSSR count). The van der Waals surface area contributed by atoms with E-state index in [-0.39, 0.29) is 18.6 Å². The first-order valence-corrected chi connectivity index (χ1v) is 7.58. The second kappa shape index (κ2) is 8.39. The second-order valence-electron chi connectivity index (χ2n) is 5.69. The summed E-state index contributed by atoms with van der Waals surface area (Å²) >= 11 is 0. The van der Waals surface area contributed by atoms with E-state index < -0.39 is 6.08 Å². The van der Waals surface area contributed by atoms with E-state index in [1.165, 1.54) is 0 Å². The van der Waals surface area contributed by atoms with Crippen molar-refractivity contribution in [1.82, 2.24) is 0 Å². The molecule has 0 aromatic rings. The van der Waals surface area contributed by atoms with E-state index in [1.54, 1.807) is 0 Å². The molecule has 1 saturated carbocycles. The van der Waals surface area contributed by atoms with Gasteiger partial charge in [-0.05, 0) is 31.3 Å². The third-order valence-corrected chi connectivity index (χ3v) is 3.94. The van der Waals surface area contributed by atoms with Crippen molar-refractivity contribution in [3.05, 3.63) is 24.3 Å². The molecule has 0 bridgehead atoms. The van der Waals surface area contributed by atoms with Crippen molar-refractivity contribution in [2.24, 2.45) is 11.8 Å². The van der Waals surface area contributed by atoms with Gasteiger partial charge in [-0.25, -0.2) is 0 Å². The van der Waals surface area contributed by atoms with E-state index >= 15 is 0 Å². The fraction of sp³-hybridized carbons (Fsp3) is 0.688. The van der Waals surface area contributed by atoms with Gasteiger partial charge in [0.1, 0.15) is 5.78 Å². The van der Waals surface area contributed by atoms with E-state index in [1.807, 2.05) is 0 Å². The van der Waals surface area contributed by atoms with Crippen molar-refractivity contribution < 1.29 is 23.0 Å². The Morgan fingerprint density at radius 1 is 1.10 bits per heavy atom. The highest BCUT2D eigenvalue weighted by atomic mass is 19.3. The van der Waals surface area contributed by atoms with Gasteiger partial charge in [0.15, 0.2) is 6.29 Å². The molecule has 3 nitrogen and oxygen atoms in total. The first kappa shape index (κ1) is 16.3. The molecule has 1 aliphatic carbocycles. The van der Waals surface area contributed by atoms with Crippen LogP contribution in [0.2, 0.25) is 0 Å². The average molecular weight is 300 g/mol. The molecule has 1 saturated heterocycles. The van der Waals surface area contributed by atoms with E-state index in [2.05, 4.69) is 12.2 Å². The summed E-state index contributed by atoms with van der Waals surface area (Å²) in [5.41, 5.74) is 0. The van der Waals surface area contributed by atoms with Crippen molar-refractivity contribution in [3.8, 4) is 0 Å². The minimum atomic E-state index is -1.66. The van der Waals surface area contributed by atoms with Crippen molar-refractivity contribution in [1.29, 1.82) is 0 Å². The first-order valence-electron chi connectivity index (χ1n) is 7.58. The summed E-state index contributed by atoms with van der Waals surface area (Å²) in [6.07, 6.45) is 7.12. The topological polar surface area (TPSA) is 35.5 Å². The van der Waals surface area contributed by atoms with Crippen LogP contribution in [0.5, 0.6) is 0 Å². The Hall–Kier alpha value is -1.07. The lowest BCUT2D eigenvalue weighted by Crippen LogP contribution is -2.31. The van der Waals surface area contributed by atoms with Gasteiger partial charge < -0.3 is 9.47 Å². The molecule has 2 fully saturated rings. The van der Waals surface area contributed by atoms with Crippen LogP contribution in [-0.4, -0.2) is 25.3 Å². The van der Waals surface area contributed by atoms with E-state index in [0.717, 1.165) is 18.9 Å². The van der Waals surface area contributed by atoms with Crippen LogP contribution in [-0.2, 0) is 14.3 Å². The maximum Gasteiger partial charge on any atom is 0.266 e. The van der Waals surface area contributed by atoms with E-state index in [0.29, 0.717) is 44.2 Å². The molecule has 0 unspecified atom stereocenters. The van der Waals surface area contributed by atoms with Gasteiger partial charge in [0, 0.05) is 25.2 Å². The zero-order chi connectivity index (χ0) is 15.1. The van der Waals surface area contributed by atoms with Crippen LogP contribution in [0.25, 0.3) is 0 Å². The normalized spacial score (nSPS) is 28.0. The molecule has 5 heteroatoms. The zero-order valence-corrected chi connectivity index (χ0v) is 12.1. The maximum atomic E-state index is 11.9. The second-order valence-corrected chi connectivity index (χ2v) is 5.69. The summed E-state index contributed by atoms with van der Waals surface area (Å²) in [4.78, 5) is 11.2. The molecule has 1 aliphatic heterocycles. The van der Waals surface area contributed by atoms with Gasteiger partial charge in [-0.15, -0.1) is 0 Å². The van der Waals surface area contributed by atoms with Crippen molar-refractivity contribution >= 4 is 5.78 Å². The lowest BCUT2D eigenvalue weighted by Gasteiger charge is -2.28. The Morgan fingerprint density at radius 2 is 1.71 bits per heavy atom. The number of hydrogen-bond acceptors (Lipinski definition) is 3. The highest BCUT2D eigenvalue weighted by molar-refractivity contribution is 5.79. The van der Waals surface area contributed by atoms with Gasteiger partial charge in [0.2, 0.25) is 0 Å². The average Bonchev–Trinajstić information content (AvgIpc) is 2.48. The minimum Gasteiger partial charge on any atom is -0.352 e. The summed E-state index contributed by atoms with van der Waals surface area (Å²) in [5.74, 6) is 1.07. The summed E-state index contributed by atoms with van der Waals surface area (Å²) in [5, 5.41) is 0. The number of ketones is 1. The van der Waals surface area contributed by atoms with Crippen LogP contribution >= 0.6 is 0 Å². The van der Waals surface area contributed by atoms with Gasteiger partial charge in [-0.2, -0.15) is 8.78 Å². The Morgan fingerprint density at radius 3 is 2.33 bits per heavy atom. The minimum absolute atomic E-state index is 0.215. The molecule has 21 heavy (non-hydrogen) atoms. The number of rotatable bonds is 5. The highest BCUT2D eigenvalue weighted by Gasteiger charge is 2.21. The van der Waals surface area contributed by atoms with Gasteiger partial charge in [-0.3, -0.25) is 4.79 Å². The summed E-state index contributed by atoms with van der Waals surface area (Å²) in [7, 11) is 0. The first-order chi connectivity index (χ1) is 10.1. The number of Topliss-reactive ketones (excluding diaryl/α,β-unsaturated/α-hetero) is 1. The Labute approximate surface area is 124 Å². The summed E-state index contributed by atoms with van der Waals surface area (Å²) in [6.45, 7) is 1.13. The summed E-state index contributed by atoms with van der Waals surface area (Å²) in [6, 6.07) is 0. The molecule has 0 aromatic heterocycles. The molecule has 118 valence electrons. The molecule has 0 radical (unpaired) electrons. The number of hydrogen-bond donors (Lipinski definition) is 0. The number of carbonyl (C=O) groups excluding carboxylic acids is 1. The van der Waals surface area contributed by atoms with Gasteiger partial charge in [0.05, 0.1) is 13.2 Å². The third kappa shape index (κ3) is 6.06. The van der Waals surface area contributed by atoms with Gasteiger partial charge in [0.25, 0.3) is 6.08 Å². The van der Waals surface area contributed by atoms with Crippen LogP contribution in [0, 0.1) is 11.8 Å². The predicted molar refractivity (Wildman–Crippen MR) is 74.8 cm³/mol. The SMILES string of the molecule is O=C1CCC(/C=C/C2COC(CCC=C(F)F)OC2)CC1. The molecule has 0 spiro atoms.